The molecule has 4 amide bonds. The molecule has 2 aliphatic heterocycles. The van der Waals surface area contributed by atoms with Crippen molar-refractivity contribution in [2.75, 3.05) is 54.1 Å². The first kappa shape index (κ1) is 33.9. The number of ether oxygens (including phenoxy) is 2. The number of hydrogen-bond acceptors (Lipinski definition) is 9. The summed E-state index contributed by atoms with van der Waals surface area (Å²) in [5, 5.41) is 26.8. The fraction of sp³-hybridized carbons (Fsp3) is 0.852. The Labute approximate surface area is 237 Å². The number of hydrogen-bond donors (Lipinski definition) is 5. The number of carbonyl (C=O) groups is 4. The smallest absolute Gasteiger partial charge is 0.242 e. The predicted molar refractivity (Wildman–Crippen MR) is 147 cm³/mol. The number of likely N-dealkylation sites (tertiary alicyclic amines) is 1. The monoisotopic (exact) mass is 571 g/mol. The van der Waals surface area contributed by atoms with Crippen molar-refractivity contribution in [3.8, 4) is 0 Å². The zero-order chi connectivity index (χ0) is 30.0. The lowest BCUT2D eigenvalue weighted by atomic mass is 9.90. The van der Waals surface area contributed by atoms with Crippen LogP contribution >= 0.6 is 0 Å². The standard InChI is InChI=1S/C27H49N5O8/c1-7-16(2)24(31(4)22(36)15-30-27(38)23-19(34)14-29-23)20(39-5)13-21(35)32-11-8-9-18(32)25(40-6)17(3)26(37)28-10-12-33/h16-20,23-25,29,33-34H,7-15H2,1-6H3,(H,28,37)(H,30,38). The number of aliphatic hydroxyl groups excluding tert-OH is 2. The van der Waals surface area contributed by atoms with Gasteiger partial charge in [0.1, 0.15) is 6.04 Å². The third-order valence-electron chi connectivity index (χ3n) is 8.34. The Morgan fingerprint density at radius 3 is 2.38 bits per heavy atom. The normalized spacial score (nSPS) is 24.3. The van der Waals surface area contributed by atoms with Crippen molar-refractivity contribution in [1.82, 2.24) is 25.8 Å². The number of carbonyl (C=O) groups excluding carboxylic acids is 4. The minimum absolute atomic E-state index is 0.00568. The average molecular weight is 572 g/mol. The molecule has 5 N–H and O–H groups in total. The van der Waals surface area contributed by atoms with Crippen molar-refractivity contribution >= 4 is 23.6 Å². The first-order valence-electron chi connectivity index (χ1n) is 14.2. The van der Waals surface area contributed by atoms with Crippen molar-refractivity contribution in [3.63, 3.8) is 0 Å². The zero-order valence-electron chi connectivity index (χ0n) is 24.7. The van der Waals surface area contributed by atoms with Gasteiger partial charge in [0.25, 0.3) is 0 Å². The van der Waals surface area contributed by atoms with Gasteiger partial charge in [-0.25, -0.2) is 0 Å². The maximum Gasteiger partial charge on any atom is 0.242 e. The maximum absolute atomic E-state index is 13.6. The van der Waals surface area contributed by atoms with Crippen LogP contribution in [0.3, 0.4) is 0 Å². The fourth-order valence-electron chi connectivity index (χ4n) is 5.67. The molecule has 2 fully saturated rings. The molecular weight excluding hydrogens is 522 g/mol. The van der Waals surface area contributed by atoms with E-state index in [0.29, 0.717) is 19.5 Å². The molecule has 2 aliphatic rings. The average Bonchev–Trinajstić information content (AvgIpc) is 3.42. The quantitative estimate of drug-likeness (QED) is 0.147. The summed E-state index contributed by atoms with van der Waals surface area (Å²) in [6, 6.07) is -1.45. The molecule has 230 valence electrons. The highest BCUT2D eigenvalue weighted by molar-refractivity contribution is 5.88. The fourth-order valence-corrected chi connectivity index (χ4v) is 5.67. The molecule has 8 unspecified atom stereocenters. The van der Waals surface area contributed by atoms with Crippen LogP contribution in [0.1, 0.15) is 46.5 Å². The Bertz CT molecular complexity index is 861. The van der Waals surface area contributed by atoms with Crippen LogP contribution in [0.2, 0.25) is 0 Å². The Balaban J connectivity index is 2.11. The first-order valence-corrected chi connectivity index (χ1v) is 14.2. The van der Waals surface area contributed by atoms with E-state index in [0.717, 1.165) is 12.8 Å². The number of rotatable bonds is 16. The van der Waals surface area contributed by atoms with Gasteiger partial charge in [-0.05, 0) is 18.8 Å². The molecule has 0 aromatic carbocycles. The van der Waals surface area contributed by atoms with Crippen LogP contribution in [0.4, 0.5) is 0 Å². The van der Waals surface area contributed by atoms with Crippen LogP contribution < -0.4 is 16.0 Å². The Kier molecular flexibility index (Phi) is 13.7. The maximum atomic E-state index is 13.6. The zero-order valence-corrected chi connectivity index (χ0v) is 24.7. The third kappa shape index (κ3) is 8.35. The van der Waals surface area contributed by atoms with Gasteiger partial charge in [-0.1, -0.05) is 27.2 Å². The molecule has 0 aromatic heterocycles. The molecule has 2 rings (SSSR count). The van der Waals surface area contributed by atoms with E-state index in [2.05, 4.69) is 16.0 Å². The van der Waals surface area contributed by atoms with Gasteiger partial charge in [-0.3, -0.25) is 19.2 Å². The molecule has 40 heavy (non-hydrogen) atoms. The minimum Gasteiger partial charge on any atom is -0.395 e. The minimum atomic E-state index is -0.769. The van der Waals surface area contributed by atoms with Gasteiger partial charge in [0.2, 0.25) is 23.6 Å². The van der Waals surface area contributed by atoms with Gasteiger partial charge in [0.15, 0.2) is 0 Å². The summed E-state index contributed by atoms with van der Waals surface area (Å²) in [5.41, 5.74) is 0. The number of aliphatic hydroxyl groups is 2. The lowest BCUT2D eigenvalue weighted by Gasteiger charge is -2.39. The molecule has 0 bridgehead atoms. The molecule has 13 heteroatoms. The van der Waals surface area contributed by atoms with Crippen LogP contribution in [-0.4, -0.2) is 134 Å². The van der Waals surface area contributed by atoms with E-state index in [1.165, 1.54) is 19.1 Å². The van der Waals surface area contributed by atoms with Gasteiger partial charge < -0.3 is 45.4 Å². The third-order valence-corrected chi connectivity index (χ3v) is 8.34. The molecule has 8 atom stereocenters. The summed E-state index contributed by atoms with van der Waals surface area (Å²) in [7, 11) is 4.69. The predicted octanol–water partition coefficient (Wildman–Crippen LogP) is -1.54. The topological polar surface area (TPSA) is 170 Å². The Morgan fingerprint density at radius 1 is 1.15 bits per heavy atom. The number of nitrogens with zero attached hydrogens (tertiary/aromatic N) is 2. The second-order valence-corrected chi connectivity index (χ2v) is 10.8. The van der Waals surface area contributed by atoms with Gasteiger partial charge in [-0.2, -0.15) is 0 Å². The number of β-amino-alcohol motifs (C(OH)–C–C–N with tert-alkyl or cyclic N) is 1. The van der Waals surface area contributed by atoms with E-state index >= 15 is 0 Å². The van der Waals surface area contributed by atoms with E-state index < -0.39 is 42.2 Å². The largest absolute Gasteiger partial charge is 0.395 e. The van der Waals surface area contributed by atoms with Gasteiger partial charge >= 0.3 is 0 Å². The van der Waals surface area contributed by atoms with Crippen LogP contribution in [0, 0.1) is 11.8 Å². The molecular formula is C27H49N5O8. The summed E-state index contributed by atoms with van der Waals surface area (Å²) in [4.78, 5) is 54.8. The van der Waals surface area contributed by atoms with Gasteiger partial charge in [0.05, 0.1) is 55.9 Å². The first-order chi connectivity index (χ1) is 19.0. The van der Waals surface area contributed by atoms with E-state index in [1.54, 1.807) is 18.9 Å². The van der Waals surface area contributed by atoms with Crippen LogP contribution in [0.5, 0.6) is 0 Å². The highest BCUT2D eigenvalue weighted by Crippen LogP contribution is 2.29. The molecule has 0 aromatic rings. The van der Waals surface area contributed by atoms with Crippen molar-refractivity contribution in [1.29, 1.82) is 0 Å². The summed E-state index contributed by atoms with van der Waals surface area (Å²) >= 11 is 0. The molecule has 0 saturated carbocycles. The summed E-state index contributed by atoms with van der Waals surface area (Å²) in [6.07, 6.45) is 0.343. The summed E-state index contributed by atoms with van der Waals surface area (Å²) in [5.74, 6) is -1.70. The summed E-state index contributed by atoms with van der Waals surface area (Å²) in [6.45, 7) is 6.35. The van der Waals surface area contributed by atoms with Crippen LogP contribution in [0.25, 0.3) is 0 Å². The lowest BCUT2D eigenvalue weighted by molar-refractivity contribution is -0.146. The molecule has 0 spiro atoms. The second-order valence-electron chi connectivity index (χ2n) is 10.8. The Morgan fingerprint density at radius 2 is 1.85 bits per heavy atom. The van der Waals surface area contributed by atoms with Crippen molar-refractivity contribution < 1.29 is 38.9 Å². The van der Waals surface area contributed by atoms with Crippen LogP contribution in [0.15, 0.2) is 0 Å². The number of amides is 4. The second kappa shape index (κ2) is 16.2. The lowest BCUT2D eigenvalue weighted by Crippen LogP contribution is -2.64. The van der Waals surface area contributed by atoms with Crippen molar-refractivity contribution in [3.05, 3.63) is 0 Å². The number of nitrogens with one attached hydrogen (secondary N) is 3. The van der Waals surface area contributed by atoms with Gasteiger partial charge in [0, 0.05) is 40.9 Å². The molecule has 0 radical (unpaired) electrons. The van der Waals surface area contributed by atoms with E-state index in [1.807, 2.05) is 13.8 Å². The van der Waals surface area contributed by atoms with Crippen LogP contribution in [-0.2, 0) is 28.7 Å². The van der Waals surface area contributed by atoms with Gasteiger partial charge in [-0.15, -0.1) is 0 Å². The number of likely N-dealkylation sites (N-methyl/N-ethyl adjacent to an activating group) is 1. The van der Waals surface area contributed by atoms with E-state index in [-0.39, 0.29) is 55.8 Å². The van der Waals surface area contributed by atoms with E-state index in [9.17, 15) is 24.3 Å². The highest BCUT2D eigenvalue weighted by atomic mass is 16.5. The molecule has 2 saturated heterocycles. The molecule has 13 nitrogen and oxygen atoms in total. The molecule has 2 heterocycles. The summed E-state index contributed by atoms with van der Waals surface area (Å²) < 4.78 is 11.5. The van der Waals surface area contributed by atoms with Crippen molar-refractivity contribution in [2.24, 2.45) is 11.8 Å². The van der Waals surface area contributed by atoms with Crippen molar-refractivity contribution in [2.45, 2.75) is 82.9 Å². The Hall–Kier alpha value is -2.32. The van der Waals surface area contributed by atoms with E-state index in [4.69, 9.17) is 14.6 Å². The number of methoxy groups -OCH3 is 2. The molecule has 0 aliphatic carbocycles. The highest BCUT2D eigenvalue weighted by Gasteiger charge is 2.42. The SMILES string of the molecule is CCC(C)C(C(CC(=O)N1CCCC1C(OC)C(C)C(=O)NCCO)OC)N(C)C(=O)CNC(=O)C1NCC1O.